The van der Waals surface area contributed by atoms with E-state index in [1.165, 1.54) is 12.1 Å². The minimum absolute atomic E-state index is 0.00437. The molecule has 0 radical (unpaired) electrons. The Morgan fingerprint density at radius 1 is 1.06 bits per heavy atom. The minimum atomic E-state index is -0.407. The van der Waals surface area contributed by atoms with E-state index in [0.29, 0.717) is 25.1 Å². The summed E-state index contributed by atoms with van der Waals surface area (Å²) < 4.78 is 23.6. The second-order valence-corrected chi connectivity index (χ2v) is 9.64. The Morgan fingerprint density at radius 3 is 2.34 bits per heavy atom. The van der Waals surface area contributed by atoms with Gasteiger partial charge in [-0.25, -0.2) is 4.39 Å². The second-order valence-electron chi connectivity index (χ2n) is 9.64. The van der Waals surface area contributed by atoms with Gasteiger partial charge in [-0.2, -0.15) is 0 Å². The highest BCUT2D eigenvalue weighted by molar-refractivity contribution is 5.92. The number of nitrogens with one attached hydrogen (secondary N) is 1. The van der Waals surface area contributed by atoms with E-state index in [-0.39, 0.29) is 35.9 Å². The number of halogens is 1. The Balaban J connectivity index is 1.64. The molecule has 0 spiro atoms. The number of nitrogens with zero attached hydrogens (tertiary/aromatic N) is 2. The smallest absolute Gasteiger partial charge is 0.273 e. The highest BCUT2D eigenvalue weighted by Crippen LogP contribution is 2.21. The van der Waals surface area contributed by atoms with Crippen LogP contribution in [-0.2, 0) is 24.3 Å². The molecule has 1 heterocycles. The summed E-state index contributed by atoms with van der Waals surface area (Å²) in [5.74, 6) is 0.467. The number of ether oxygens (including phenoxy) is 1. The van der Waals surface area contributed by atoms with E-state index in [1.54, 1.807) is 30.2 Å². The molecule has 0 fully saturated rings. The molecule has 3 aromatic rings. The van der Waals surface area contributed by atoms with Crippen molar-refractivity contribution in [2.45, 2.75) is 46.7 Å². The molecule has 2 amide bonds. The molecule has 35 heavy (non-hydrogen) atoms. The molecule has 1 aromatic heterocycles. The van der Waals surface area contributed by atoms with Crippen molar-refractivity contribution >= 4 is 11.8 Å². The zero-order valence-electron chi connectivity index (χ0n) is 20.6. The van der Waals surface area contributed by atoms with Gasteiger partial charge in [0.05, 0.1) is 13.7 Å². The van der Waals surface area contributed by atoms with Crippen LogP contribution < -0.4 is 10.1 Å². The Morgan fingerprint density at radius 2 is 1.71 bits per heavy atom. The summed E-state index contributed by atoms with van der Waals surface area (Å²) >= 11 is 0. The highest BCUT2D eigenvalue weighted by Gasteiger charge is 2.23. The van der Waals surface area contributed by atoms with Crippen LogP contribution in [-0.4, -0.2) is 35.5 Å². The molecule has 0 saturated heterocycles. The van der Waals surface area contributed by atoms with Crippen molar-refractivity contribution in [3.8, 4) is 5.75 Å². The van der Waals surface area contributed by atoms with Crippen LogP contribution in [0, 0.1) is 11.2 Å². The van der Waals surface area contributed by atoms with E-state index in [1.807, 2.05) is 45.0 Å². The van der Waals surface area contributed by atoms with Crippen LogP contribution in [0.25, 0.3) is 0 Å². The number of methoxy groups -OCH3 is 1. The molecule has 0 unspecified atom stereocenters. The van der Waals surface area contributed by atoms with Gasteiger partial charge in [-0.15, -0.1) is 0 Å². The van der Waals surface area contributed by atoms with Crippen LogP contribution in [0.2, 0.25) is 0 Å². The molecule has 2 aromatic carbocycles. The summed E-state index contributed by atoms with van der Waals surface area (Å²) in [4.78, 5) is 27.2. The number of benzene rings is 2. The molecule has 0 atom stereocenters. The Bertz CT molecular complexity index is 1120. The minimum Gasteiger partial charge on any atom is -0.497 e. The van der Waals surface area contributed by atoms with E-state index >= 15 is 0 Å². The van der Waals surface area contributed by atoms with Crippen molar-refractivity contribution in [3.05, 3.63) is 83.0 Å². The van der Waals surface area contributed by atoms with Gasteiger partial charge < -0.3 is 19.5 Å². The zero-order valence-corrected chi connectivity index (χ0v) is 20.6. The summed E-state index contributed by atoms with van der Waals surface area (Å²) in [6.45, 7) is 7.00. The third-order valence-corrected chi connectivity index (χ3v) is 5.37. The molecule has 8 heteroatoms. The van der Waals surface area contributed by atoms with Gasteiger partial charge in [-0.05, 0) is 47.2 Å². The fraction of sp³-hybridized carbons (Fsp3) is 0.370. The summed E-state index contributed by atoms with van der Waals surface area (Å²) in [6.07, 6.45) is 1.05. The first-order chi connectivity index (χ1) is 16.6. The lowest BCUT2D eigenvalue weighted by atomic mass is 9.91. The lowest BCUT2D eigenvalue weighted by Crippen LogP contribution is -2.34. The second kappa shape index (κ2) is 11.6. The van der Waals surface area contributed by atoms with Crippen LogP contribution in [0.1, 0.15) is 54.6 Å². The fourth-order valence-corrected chi connectivity index (χ4v) is 3.47. The predicted octanol–water partition coefficient (Wildman–Crippen LogP) is 4.76. The molecular weight excluding hydrogens is 449 g/mol. The van der Waals surface area contributed by atoms with Gasteiger partial charge in [0.1, 0.15) is 11.6 Å². The third kappa shape index (κ3) is 8.24. The van der Waals surface area contributed by atoms with E-state index in [2.05, 4.69) is 10.5 Å². The first-order valence-electron chi connectivity index (χ1n) is 11.5. The van der Waals surface area contributed by atoms with Gasteiger partial charge in [0, 0.05) is 25.6 Å². The fourth-order valence-electron chi connectivity index (χ4n) is 3.47. The van der Waals surface area contributed by atoms with Crippen molar-refractivity contribution in [1.82, 2.24) is 15.4 Å². The lowest BCUT2D eigenvalue weighted by Gasteiger charge is -2.26. The quantitative estimate of drug-likeness (QED) is 0.451. The third-order valence-electron chi connectivity index (χ3n) is 5.37. The van der Waals surface area contributed by atoms with E-state index in [4.69, 9.17) is 9.26 Å². The Hall–Kier alpha value is -3.68. The average molecular weight is 482 g/mol. The first-order valence-corrected chi connectivity index (χ1v) is 11.5. The maximum absolute atomic E-state index is 13.0. The summed E-state index contributed by atoms with van der Waals surface area (Å²) in [7, 11) is 1.62. The van der Waals surface area contributed by atoms with E-state index < -0.39 is 5.91 Å². The van der Waals surface area contributed by atoms with Crippen molar-refractivity contribution in [3.63, 3.8) is 0 Å². The van der Waals surface area contributed by atoms with Crippen LogP contribution in [0.3, 0.4) is 0 Å². The van der Waals surface area contributed by atoms with Crippen LogP contribution >= 0.6 is 0 Å². The van der Waals surface area contributed by atoms with Crippen LogP contribution in [0.5, 0.6) is 5.75 Å². The number of carbonyl (C=O) groups is 2. The van der Waals surface area contributed by atoms with E-state index in [9.17, 15) is 14.0 Å². The SMILES string of the molecule is COc1ccc(CCN(Cc2cc(C(=O)NCc3ccc(F)cc3)no2)C(=O)CC(C)(C)C)cc1. The molecule has 1 N–H and O–H groups in total. The number of amides is 2. The van der Waals surface area contributed by atoms with Crippen molar-refractivity contribution in [1.29, 1.82) is 0 Å². The largest absolute Gasteiger partial charge is 0.497 e. The standard InChI is InChI=1S/C27H32FN3O4/c1-27(2,3)16-25(32)31(14-13-19-7-11-22(34-4)12-8-19)18-23-15-24(30-35-23)26(33)29-17-20-5-9-21(28)10-6-20/h5-12,15H,13-14,16-18H2,1-4H3,(H,29,33). The highest BCUT2D eigenvalue weighted by atomic mass is 19.1. The molecule has 7 nitrogen and oxygen atoms in total. The zero-order chi connectivity index (χ0) is 25.4. The Kier molecular flexibility index (Phi) is 8.63. The average Bonchev–Trinajstić information content (AvgIpc) is 3.29. The van der Waals surface area contributed by atoms with Gasteiger partial charge in [0.25, 0.3) is 5.91 Å². The molecule has 3 rings (SSSR count). The normalized spacial score (nSPS) is 11.2. The number of hydrogen-bond acceptors (Lipinski definition) is 5. The van der Waals surface area contributed by atoms with Crippen molar-refractivity contribution in [2.24, 2.45) is 5.41 Å². The summed E-state index contributed by atoms with van der Waals surface area (Å²) in [5.41, 5.74) is 1.81. The number of hydrogen-bond donors (Lipinski definition) is 1. The van der Waals surface area contributed by atoms with Crippen LogP contribution in [0.4, 0.5) is 4.39 Å². The summed E-state index contributed by atoms with van der Waals surface area (Å²) in [6, 6.07) is 15.2. The molecule has 0 aliphatic carbocycles. The van der Waals surface area contributed by atoms with Gasteiger partial charge in [-0.1, -0.05) is 50.2 Å². The van der Waals surface area contributed by atoms with Crippen molar-refractivity contribution < 1.29 is 23.2 Å². The number of aromatic nitrogens is 1. The molecule has 0 aliphatic heterocycles. The summed E-state index contributed by atoms with van der Waals surface area (Å²) in [5, 5.41) is 6.60. The van der Waals surface area contributed by atoms with Gasteiger partial charge in [-0.3, -0.25) is 9.59 Å². The molecular formula is C27H32FN3O4. The molecule has 0 saturated carbocycles. The first kappa shape index (κ1) is 25.9. The predicted molar refractivity (Wildman–Crippen MR) is 130 cm³/mol. The van der Waals surface area contributed by atoms with Crippen LogP contribution in [0.15, 0.2) is 59.1 Å². The molecule has 186 valence electrons. The lowest BCUT2D eigenvalue weighted by molar-refractivity contribution is -0.134. The van der Waals surface area contributed by atoms with Gasteiger partial charge >= 0.3 is 0 Å². The van der Waals surface area contributed by atoms with Crippen molar-refractivity contribution in [2.75, 3.05) is 13.7 Å². The molecule has 0 bridgehead atoms. The topological polar surface area (TPSA) is 84.7 Å². The van der Waals surface area contributed by atoms with Gasteiger partial charge in [0.15, 0.2) is 11.5 Å². The molecule has 0 aliphatic rings. The monoisotopic (exact) mass is 481 g/mol. The maximum atomic E-state index is 13.0. The number of rotatable bonds is 10. The van der Waals surface area contributed by atoms with E-state index in [0.717, 1.165) is 16.9 Å². The number of carbonyl (C=O) groups excluding carboxylic acids is 2. The maximum Gasteiger partial charge on any atom is 0.273 e. The Labute approximate surface area is 205 Å². The van der Waals surface area contributed by atoms with Gasteiger partial charge in [0.2, 0.25) is 5.91 Å².